The molecular weight excluding hydrogens is 242 g/mol. The Kier molecular flexibility index (Phi) is 2.73. The molecule has 2 unspecified atom stereocenters. The van der Waals surface area contributed by atoms with Gasteiger partial charge in [0.15, 0.2) is 0 Å². The van der Waals surface area contributed by atoms with Crippen LogP contribution in [0.15, 0.2) is 0 Å². The second-order valence-electron chi connectivity index (χ2n) is 6.16. The van der Waals surface area contributed by atoms with E-state index in [0.29, 0.717) is 12.0 Å². The highest BCUT2D eigenvalue weighted by Gasteiger charge is 2.37. The Labute approximate surface area is 112 Å². The summed E-state index contributed by atoms with van der Waals surface area (Å²) >= 11 is 0. The van der Waals surface area contributed by atoms with Gasteiger partial charge >= 0.3 is 0 Å². The van der Waals surface area contributed by atoms with E-state index in [-0.39, 0.29) is 6.10 Å². The number of hydrogen-bond donors (Lipinski definition) is 3. The first-order valence-electron chi connectivity index (χ1n) is 7.39. The van der Waals surface area contributed by atoms with Crippen molar-refractivity contribution in [3.8, 4) is 0 Å². The molecule has 0 aromatic carbocycles. The van der Waals surface area contributed by atoms with Crippen molar-refractivity contribution >= 4 is 5.95 Å². The molecule has 3 N–H and O–H groups in total. The normalized spacial score (nSPS) is 38.1. The number of anilines is 1. The van der Waals surface area contributed by atoms with E-state index in [2.05, 4.69) is 25.4 Å². The highest BCUT2D eigenvalue weighted by Crippen LogP contribution is 2.36. The number of rotatable bonds is 2. The van der Waals surface area contributed by atoms with Gasteiger partial charge in [-0.05, 0) is 31.6 Å². The molecule has 3 aliphatic rings. The van der Waals surface area contributed by atoms with Gasteiger partial charge in [-0.15, -0.1) is 5.10 Å². The van der Waals surface area contributed by atoms with Crippen LogP contribution >= 0.6 is 0 Å². The van der Waals surface area contributed by atoms with Crippen molar-refractivity contribution in [3.05, 3.63) is 5.82 Å². The van der Waals surface area contributed by atoms with Gasteiger partial charge in [0.05, 0.1) is 6.10 Å². The van der Waals surface area contributed by atoms with Gasteiger partial charge in [0.1, 0.15) is 5.82 Å². The highest BCUT2D eigenvalue weighted by atomic mass is 16.3. The van der Waals surface area contributed by atoms with Crippen LogP contribution < -0.4 is 10.2 Å². The lowest BCUT2D eigenvalue weighted by atomic mass is 9.82. The fraction of sp³-hybridized carbons (Fsp3) is 0.846. The second kappa shape index (κ2) is 4.45. The number of aliphatic hydroxyl groups excluding tert-OH is 1. The van der Waals surface area contributed by atoms with Crippen molar-refractivity contribution in [2.24, 2.45) is 5.92 Å². The van der Waals surface area contributed by atoms with Gasteiger partial charge in [-0.25, -0.2) is 0 Å². The Morgan fingerprint density at radius 2 is 2.16 bits per heavy atom. The lowest BCUT2D eigenvalue weighted by molar-refractivity contribution is 0.0718. The molecule has 1 aliphatic carbocycles. The molecule has 0 spiro atoms. The molecule has 6 heteroatoms. The van der Waals surface area contributed by atoms with Crippen LogP contribution in [0.3, 0.4) is 0 Å². The first-order valence-corrected chi connectivity index (χ1v) is 7.39. The molecule has 3 fully saturated rings. The number of fused-ring (bicyclic) bond motifs is 1. The van der Waals surface area contributed by atoms with Gasteiger partial charge in [-0.2, -0.15) is 4.98 Å². The van der Waals surface area contributed by atoms with Crippen molar-refractivity contribution in [2.45, 2.75) is 43.7 Å². The quantitative estimate of drug-likeness (QED) is 0.712. The smallest absolute Gasteiger partial charge is 0.245 e. The van der Waals surface area contributed by atoms with E-state index in [1.165, 1.54) is 12.8 Å². The Morgan fingerprint density at radius 1 is 1.26 bits per heavy atom. The predicted octanol–water partition coefficient (Wildman–Crippen LogP) is 0.231. The molecule has 0 amide bonds. The Morgan fingerprint density at radius 3 is 3.00 bits per heavy atom. The number of aromatic amines is 1. The molecule has 2 atom stereocenters. The molecular formula is C13H21N5O. The van der Waals surface area contributed by atoms with Gasteiger partial charge in [0.25, 0.3) is 0 Å². The van der Waals surface area contributed by atoms with E-state index < -0.39 is 0 Å². The Hall–Kier alpha value is -1.14. The molecule has 2 saturated heterocycles. The maximum atomic E-state index is 9.38. The fourth-order valence-corrected chi connectivity index (χ4v) is 3.70. The molecule has 19 heavy (non-hydrogen) atoms. The molecule has 3 heterocycles. The van der Waals surface area contributed by atoms with Crippen LogP contribution in [-0.2, 0) is 0 Å². The van der Waals surface area contributed by atoms with Crippen molar-refractivity contribution in [3.63, 3.8) is 0 Å². The minimum absolute atomic E-state index is 0.142. The van der Waals surface area contributed by atoms with Crippen LogP contribution in [0.5, 0.6) is 0 Å². The molecule has 1 aromatic heterocycles. The summed E-state index contributed by atoms with van der Waals surface area (Å²) in [5.41, 5.74) is 0. The Balaban J connectivity index is 1.52. The minimum Gasteiger partial charge on any atom is -0.393 e. The summed E-state index contributed by atoms with van der Waals surface area (Å²) in [5.74, 6) is 2.93. The van der Waals surface area contributed by atoms with E-state index in [1.807, 2.05) is 0 Å². The van der Waals surface area contributed by atoms with Crippen LogP contribution in [0.25, 0.3) is 0 Å². The summed E-state index contributed by atoms with van der Waals surface area (Å²) in [6, 6.07) is 0.560. The SMILES string of the molecule is OC1CC(c2nc(N3CCCC4CNCC43)n[nH]2)C1. The van der Waals surface area contributed by atoms with E-state index in [4.69, 9.17) is 0 Å². The maximum Gasteiger partial charge on any atom is 0.245 e. The second-order valence-corrected chi connectivity index (χ2v) is 6.16. The fourth-order valence-electron chi connectivity index (χ4n) is 3.70. The zero-order valence-corrected chi connectivity index (χ0v) is 11.0. The molecule has 2 aliphatic heterocycles. The number of aromatic nitrogens is 3. The van der Waals surface area contributed by atoms with Crippen molar-refractivity contribution in [1.29, 1.82) is 0 Å². The number of nitrogens with one attached hydrogen (secondary N) is 2. The number of nitrogens with zero attached hydrogens (tertiary/aromatic N) is 3. The molecule has 6 nitrogen and oxygen atoms in total. The van der Waals surface area contributed by atoms with E-state index in [0.717, 1.165) is 50.2 Å². The van der Waals surface area contributed by atoms with Crippen LogP contribution in [0.1, 0.15) is 37.4 Å². The third-order valence-corrected chi connectivity index (χ3v) is 4.93. The zero-order chi connectivity index (χ0) is 12.8. The standard InChI is InChI=1S/C13H21N5O/c19-10-4-9(5-10)12-15-13(17-16-12)18-3-1-2-8-6-14-7-11(8)18/h8-11,14,19H,1-7H2,(H,15,16,17). The van der Waals surface area contributed by atoms with Crippen molar-refractivity contribution in [1.82, 2.24) is 20.5 Å². The van der Waals surface area contributed by atoms with Gasteiger partial charge < -0.3 is 15.3 Å². The largest absolute Gasteiger partial charge is 0.393 e. The number of hydrogen-bond acceptors (Lipinski definition) is 5. The minimum atomic E-state index is -0.142. The molecule has 104 valence electrons. The lowest BCUT2D eigenvalue weighted by Gasteiger charge is -2.36. The average Bonchev–Trinajstić information content (AvgIpc) is 3.03. The highest BCUT2D eigenvalue weighted by molar-refractivity contribution is 5.34. The summed E-state index contributed by atoms with van der Waals surface area (Å²) < 4.78 is 0. The average molecular weight is 263 g/mol. The van der Waals surface area contributed by atoms with Crippen LogP contribution in [-0.4, -0.2) is 52.1 Å². The Bertz CT molecular complexity index is 456. The van der Waals surface area contributed by atoms with Gasteiger partial charge in [-0.3, -0.25) is 5.10 Å². The number of H-pyrrole nitrogens is 1. The summed E-state index contributed by atoms with van der Waals surface area (Å²) in [4.78, 5) is 7.04. The van der Waals surface area contributed by atoms with Crippen LogP contribution in [0.2, 0.25) is 0 Å². The van der Waals surface area contributed by atoms with E-state index in [1.54, 1.807) is 0 Å². The molecule has 4 rings (SSSR count). The van der Waals surface area contributed by atoms with Crippen LogP contribution in [0.4, 0.5) is 5.95 Å². The van der Waals surface area contributed by atoms with E-state index in [9.17, 15) is 5.11 Å². The van der Waals surface area contributed by atoms with Gasteiger partial charge in [0, 0.05) is 31.6 Å². The van der Waals surface area contributed by atoms with Crippen LogP contribution in [0, 0.1) is 5.92 Å². The van der Waals surface area contributed by atoms with Crippen molar-refractivity contribution in [2.75, 3.05) is 24.5 Å². The van der Waals surface area contributed by atoms with Gasteiger partial charge in [0.2, 0.25) is 5.95 Å². The van der Waals surface area contributed by atoms with Crippen molar-refractivity contribution < 1.29 is 5.11 Å². The number of piperidine rings is 1. The first-order chi connectivity index (χ1) is 9.31. The van der Waals surface area contributed by atoms with E-state index >= 15 is 0 Å². The topological polar surface area (TPSA) is 77.1 Å². The third kappa shape index (κ3) is 1.94. The summed E-state index contributed by atoms with van der Waals surface area (Å²) in [6.45, 7) is 3.25. The number of aliphatic hydroxyl groups is 1. The summed E-state index contributed by atoms with van der Waals surface area (Å²) in [5, 5.41) is 20.3. The monoisotopic (exact) mass is 263 g/mol. The molecule has 0 bridgehead atoms. The third-order valence-electron chi connectivity index (χ3n) is 4.93. The molecule has 0 radical (unpaired) electrons. The molecule has 1 saturated carbocycles. The predicted molar refractivity (Wildman–Crippen MR) is 71.1 cm³/mol. The summed E-state index contributed by atoms with van der Waals surface area (Å²) in [7, 11) is 0. The summed E-state index contributed by atoms with van der Waals surface area (Å²) in [6.07, 6.45) is 4.05. The first kappa shape index (κ1) is 11.7. The zero-order valence-electron chi connectivity index (χ0n) is 11.0. The lowest BCUT2D eigenvalue weighted by Crippen LogP contribution is -2.45. The van der Waals surface area contributed by atoms with Gasteiger partial charge in [-0.1, -0.05) is 0 Å². The molecule has 1 aromatic rings. The maximum absolute atomic E-state index is 9.38.